The lowest BCUT2D eigenvalue weighted by Gasteiger charge is -2.32. The Morgan fingerprint density at radius 1 is 1.17 bits per heavy atom. The second-order valence-electron chi connectivity index (χ2n) is 6.81. The van der Waals surface area contributed by atoms with Gasteiger partial charge in [-0.05, 0) is 31.2 Å². The van der Waals surface area contributed by atoms with Crippen molar-refractivity contribution in [2.75, 3.05) is 19.7 Å². The van der Waals surface area contributed by atoms with Crippen LogP contribution in [0, 0.1) is 0 Å². The fourth-order valence-electron chi connectivity index (χ4n) is 3.36. The first-order valence-corrected chi connectivity index (χ1v) is 9.79. The first-order chi connectivity index (χ1) is 14.2. The molecule has 7 nitrogen and oxygen atoms in total. The Hall–Kier alpha value is -3.35. The van der Waals surface area contributed by atoms with Crippen molar-refractivity contribution in [3.63, 3.8) is 0 Å². The van der Waals surface area contributed by atoms with Gasteiger partial charge in [-0.25, -0.2) is 0 Å². The molecule has 0 aliphatic carbocycles. The molecule has 1 aliphatic heterocycles. The summed E-state index contributed by atoms with van der Waals surface area (Å²) in [7, 11) is 0. The van der Waals surface area contributed by atoms with Crippen LogP contribution in [0.1, 0.15) is 30.3 Å². The molecule has 0 radical (unpaired) electrons. The minimum Gasteiger partial charge on any atom is -0.490 e. The number of carbonyl (C=O) groups is 1. The van der Waals surface area contributed by atoms with E-state index >= 15 is 0 Å². The van der Waals surface area contributed by atoms with E-state index in [1.807, 2.05) is 43.3 Å². The third-order valence-electron chi connectivity index (χ3n) is 4.85. The molecule has 0 bridgehead atoms. The summed E-state index contributed by atoms with van der Waals surface area (Å²) in [6.07, 6.45) is 4.91. The molecule has 7 heteroatoms. The average molecular weight is 393 g/mol. The van der Waals surface area contributed by atoms with Crippen LogP contribution in [0.5, 0.6) is 11.5 Å². The number of amides is 1. The number of ether oxygens (including phenoxy) is 2. The molecule has 1 aromatic carbocycles. The summed E-state index contributed by atoms with van der Waals surface area (Å²) in [4.78, 5) is 18.6. The van der Waals surface area contributed by atoms with E-state index in [1.54, 1.807) is 23.4 Å². The van der Waals surface area contributed by atoms with Gasteiger partial charge in [-0.2, -0.15) is 0 Å². The van der Waals surface area contributed by atoms with E-state index in [9.17, 15) is 4.79 Å². The number of benzene rings is 1. The zero-order valence-electron chi connectivity index (χ0n) is 16.3. The van der Waals surface area contributed by atoms with Crippen molar-refractivity contribution < 1.29 is 18.8 Å². The highest BCUT2D eigenvalue weighted by Gasteiger charge is 2.27. The van der Waals surface area contributed by atoms with Crippen LogP contribution >= 0.6 is 0 Å². The maximum Gasteiger partial charge on any atom is 0.276 e. The van der Waals surface area contributed by atoms with E-state index in [0.29, 0.717) is 31.2 Å². The molecular formula is C22H23N3O4. The predicted molar refractivity (Wildman–Crippen MR) is 107 cm³/mol. The predicted octanol–water partition coefficient (Wildman–Crippen LogP) is 3.82. The highest BCUT2D eigenvalue weighted by Crippen LogP contribution is 2.29. The maximum atomic E-state index is 12.8. The smallest absolute Gasteiger partial charge is 0.276 e. The number of aromatic nitrogens is 2. The van der Waals surface area contributed by atoms with Crippen LogP contribution in [0.25, 0.3) is 11.3 Å². The molecule has 150 valence electrons. The number of rotatable bonds is 6. The van der Waals surface area contributed by atoms with Gasteiger partial charge in [0.05, 0.1) is 6.61 Å². The molecule has 0 spiro atoms. The molecule has 4 rings (SSSR count). The van der Waals surface area contributed by atoms with Crippen molar-refractivity contribution in [2.24, 2.45) is 0 Å². The van der Waals surface area contributed by atoms with Crippen molar-refractivity contribution in [3.8, 4) is 22.8 Å². The van der Waals surface area contributed by atoms with E-state index < -0.39 is 0 Å². The zero-order valence-corrected chi connectivity index (χ0v) is 16.3. The number of carbonyl (C=O) groups excluding carboxylic acids is 1. The Labute approximate surface area is 169 Å². The van der Waals surface area contributed by atoms with Gasteiger partial charge in [0.25, 0.3) is 5.91 Å². The van der Waals surface area contributed by atoms with Gasteiger partial charge in [-0.1, -0.05) is 17.3 Å². The van der Waals surface area contributed by atoms with Crippen LogP contribution in [0.15, 0.2) is 59.4 Å². The van der Waals surface area contributed by atoms with Crippen molar-refractivity contribution in [2.45, 2.75) is 25.9 Å². The van der Waals surface area contributed by atoms with Crippen molar-refractivity contribution >= 4 is 5.91 Å². The fraction of sp³-hybridized carbons (Fsp3) is 0.318. The molecule has 3 heterocycles. The summed E-state index contributed by atoms with van der Waals surface area (Å²) >= 11 is 0. The minimum absolute atomic E-state index is 0.0453. The van der Waals surface area contributed by atoms with Crippen molar-refractivity contribution in [3.05, 3.63) is 60.6 Å². The van der Waals surface area contributed by atoms with Crippen LogP contribution in [0.3, 0.4) is 0 Å². The molecule has 3 aromatic rings. The summed E-state index contributed by atoms with van der Waals surface area (Å²) in [6.45, 7) is 3.75. The number of nitrogens with zero attached hydrogens (tertiary/aromatic N) is 3. The highest BCUT2D eigenvalue weighted by atomic mass is 16.5. The maximum absolute atomic E-state index is 12.8. The SMILES string of the molecule is CCOc1ccccc1OC1CCN(C(=O)c2cc(-c3cccnc3)on2)CC1. The molecule has 1 amide bonds. The van der Waals surface area contributed by atoms with Crippen LogP contribution < -0.4 is 9.47 Å². The summed E-state index contributed by atoms with van der Waals surface area (Å²) in [5, 5.41) is 3.94. The van der Waals surface area contributed by atoms with Gasteiger partial charge in [0.2, 0.25) is 0 Å². The first kappa shape index (κ1) is 19.0. The minimum atomic E-state index is -0.128. The van der Waals surface area contributed by atoms with E-state index in [4.69, 9.17) is 14.0 Å². The van der Waals surface area contributed by atoms with Gasteiger partial charge in [0.1, 0.15) is 6.10 Å². The Kier molecular flexibility index (Phi) is 5.74. The quantitative estimate of drug-likeness (QED) is 0.634. The molecule has 0 N–H and O–H groups in total. The number of hydrogen-bond donors (Lipinski definition) is 0. The van der Waals surface area contributed by atoms with E-state index in [-0.39, 0.29) is 12.0 Å². The number of hydrogen-bond acceptors (Lipinski definition) is 6. The third kappa shape index (κ3) is 4.39. The van der Waals surface area contributed by atoms with Crippen LogP contribution in [-0.2, 0) is 0 Å². The molecule has 1 fully saturated rings. The monoisotopic (exact) mass is 393 g/mol. The molecule has 2 aromatic heterocycles. The Morgan fingerprint density at radius 3 is 2.69 bits per heavy atom. The van der Waals surface area contributed by atoms with Gasteiger partial charge in [-0.15, -0.1) is 0 Å². The summed E-state index contributed by atoms with van der Waals surface area (Å²) in [5.74, 6) is 1.90. The van der Waals surface area contributed by atoms with Gasteiger partial charge in [0.15, 0.2) is 23.0 Å². The second-order valence-corrected chi connectivity index (χ2v) is 6.81. The second kappa shape index (κ2) is 8.77. The number of para-hydroxylation sites is 2. The van der Waals surface area contributed by atoms with E-state index in [0.717, 1.165) is 29.9 Å². The van der Waals surface area contributed by atoms with E-state index in [1.165, 1.54) is 0 Å². The lowest BCUT2D eigenvalue weighted by atomic mass is 10.1. The molecule has 0 saturated carbocycles. The Bertz CT molecular complexity index is 949. The standard InChI is InChI=1S/C22H23N3O4/c1-2-27-19-7-3-4-8-20(19)28-17-9-12-25(13-10-17)22(26)18-14-21(29-24-18)16-6-5-11-23-15-16/h3-8,11,14-15,17H,2,9-10,12-13H2,1H3. The largest absolute Gasteiger partial charge is 0.490 e. The molecule has 1 saturated heterocycles. The number of pyridine rings is 1. The van der Waals surface area contributed by atoms with Crippen LogP contribution in [0.4, 0.5) is 0 Å². The fourth-order valence-corrected chi connectivity index (χ4v) is 3.36. The highest BCUT2D eigenvalue weighted by molar-refractivity contribution is 5.93. The van der Waals surface area contributed by atoms with E-state index in [2.05, 4.69) is 10.1 Å². The third-order valence-corrected chi connectivity index (χ3v) is 4.85. The zero-order chi connectivity index (χ0) is 20.1. The van der Waals surface area contributed by atoms with Crippen LogP contribution in [-0.4, -0.2) is 46.7 Å². The first-order valence-electron chi connectivity index (χ1n) is 9.79. The summed E-state index contributed by atoms with van der Waals surface area (Å²) in [6, 6.07) is 13.0. The molecule has 29 heavy (non-hydrogen) atoms. The number of piperidine rings is 1. The molecular weight excluding hydrogens is 370 g/mol. The lowest BCUT2D eigenvalue weighted by molar-refractivity contribution is 0.0580. The van der Waals surface area contributed by atoms with Gasteiger partial charge >= 0.3 is 0 Å². The normalized spacial score (nSPS) is 14.6. The van der Waals surface area contributed by atoms with Gasteiger partial charge in [0, 0.05) is 50.0 Å². The topological polar surface area (TPSA) is 77.7 Å². The summed E-state index contributed by atoms with van der Waals surface area (Å²) in [5.41, 5.74) is 1.10. The van der Waals surface area contributed by atoms with Crippen molar-refractivity contribution in [1.29, 1.82) is 0 Å². The van der Waals surface area contributed by atoms with Crippen molar-refractivity contribution in [1.82, 2.24) is 15.0 Å². The summed E-state index contributed by atoms with van der Waals surface area (Å²) < 4.78 is 17.1. The number of likely N-dealkylation sites (tertiary alicyclic amines) is 1. The molecule has 0 unspecified atom stereocenters. The Morgan fingerprint density at radius 2 is 1.97 bits per heavy atom. The Balaban J connectivity index is 1.35. The molecule has 0 atom stereocenters. The van der Waals surface area contributed by atoms with Gasteiger partial charge < -0.3 is 18.9 Å². The van der Waals surface area contributed by atoms with Gasteiger partial charge in [-0.3, -0.25) is 9.78 Å². The lowest BCUT2D eigenvalue weighted by Crippen LogP contribution is -2.41. The van der Waals surface area contributed by atoms with Crippen LogP contribution in [0.2, 0.25) is 0 Å². The molecule has 1 aliphatic rings. The average Bonchev–Trinajstić information content (AvgIpc) is 3.26.